The number of aryl methyl sites for hydroxylation is 1. The molecule has 114 valence electrons. The number of hydrogen-bond acceptors (Lipinski definition) is 2. The van der Waals surface area contributed by atoms with Crippen LogP contribution in [0.2, 0.25) is 5.15 Å². The predicted molar refractivity (Wildman–Crippen MR) is 84.5 cm³/mol. The lowest BCUT2D eigenvalue weighted by Crippen LogP contribution is -2.52. The molecule has 1 aromatic heterocycles. The highest BCUT2D eigenvalue weighted by Crippen LogP contribution is 2.39. The molecule has 3 nitrogen and oxygen atoms in total. The number of amides is 1. The number of likely N-dealkylation sites (tertiary alicyclic amines) is 1. The molecular weight excluding hydrogens is 284 g/mol. The molecule has 3 unspecified atom stereocenters. The first-order chi connectivity index (χ1) is 10.1. The molecule has 1 aromatic rings. The van der Waals surface area contributed by atoms with Crippen LogP contribution in [0.25, 0.3) is 0 Å². The van der Waals surface area contributed by atoms with E-state index in [0.717, 1.165) is 31.0 Å². The highest BCUT2D eigenvalue weighted by Gasteiger charge is 2.39. The molecule has 1 saturated carbocycles. The first-order valence-electron chi connectivity index (χ1n) is 8.01. The Morgan fingerprint density at radius 1 is 1.29 bits per heavy atom. The van der Waals surface area contributed by atoms with E-state index >= 15 is 0 Å². The SMILES string of the molecule is Cc1cc(C(=O)N2CCC(C)C3CCCCC32)cc(Cl)n1. The van der Waals surface area contributed by atoms with E-state index in [-0.39, 0.29) is 5.91 Å². The summed E-state index contributed by atoms with van der Waals surface area (Å²) in [6.07, 6.45) is 6.09. The van der Waals surface area contributed by atoms with Crippen LogP contribution in [-0.4, -0.2) is 28.4 Å². The monoisotopic (exact) mass is 306 g/mol. The fraction of sp³-hybridized carbons (Fsp3) is 0.647. The number of pyridine rings is 1. The highest BCUT2D eigenvalue weighted by atomic mass is 35.5. The maximum absolute atomic E-state index is 12.9. The maximum Gasteiger partial charge on any atom is 0.254 e. The number of halogens is 1. The van der Waals surface area contributed by atoms with Crippen LogP contribution in [0.15, 0.2) is 12.1 Å². The largest absolute Gasteiger partial charge is 0.335 e. The van der Waals surface area contributed by atoms with Gasteiger partial charge in [-0.15, -0.1) is 0 Å². The van der Waals surface area contributed by atoms with E-state index in [1.54, 1.807) is 6.07 Å². The van der Waals surface area contributed by atoms with Gasteiger partial charge < -0.3 is 4.90 Å². The molecule has 0 aromatic carbocycles. The van der Waals surface area contributed by atoms with Crippen molar-refractivity contribution in [1.82, 2.24) is 9.88 Å². The summed E-state index contributed by atoms with van der Waals surface area (Å²) in [5, 5.41) is 0.406. The summed E-state index contributed by atoms with van der Waals surface area (Å²) in [7, 11) is 0. The first-order valence-corrected chi connectivity index (χ1v) is 8.39. The number of fused-ring (bicyclic) bond motifs is 1. The molecule has 3 rings (SSSR count). The quantitative estimate of drug-likeness (QED) is 0.732. The van der Waals surface area contributed by atoms with E-state index in [0.29, 0.717) is 22.7 Å². The van der Waals surface area contributed by atoms with Crippen LogP contribution in [0.4, 0.5) is 0 Å². The Morgan fingerprint density at radius 2 is 2.05 bits per heavy atom. The normalized spacial score (nSPS) is 29.1. The van der Waals surface area contributed by atoms with Gasteiger partial charge >= 0.3 is 0 Å². The molecule has 0 N–H and O–H groups in total. The maximum atomic E-state index is 12.9. The van der Waals surface area contributed by atoms with Gasteiger partial charge in [0.1, 0.15) is 5.15 Å². The van der Waals surface area contributed by atoms with Crippen LogP contribution in [-0.2, 0) is 0 Å². The Kier molecular flexibility index (Phi) is 4.21. The zero-order valence-corrected chi connectivity index (χ0v) is 13.6. The van der Waals surface area contributed by atoms with E-state index in [1.807, 2.05) is 13.0 Å². The molecule has 0 bridgehead atoms. The Morgan fingerprint density at radius 3 is 2.81 bits per heavy atom. The minimum Gasteiger partial charge on any atom is -0.335 e. The summed E-state index contributed by atoms with van der Waals surface area (Å²) in [5.74, 6) is 1.54. The van der Waals surface area contributed by atoms with Crippen molar-refractivity contribution in [2.24, 2.45) is 11.8 Å². The minimum atomic E-state index is 0.131. The molecule has 2 heterocycles. The number of carbonyl (C=O) groups excluding carboxylic acids is 1. The second kappa shape index (κ2) is 5.96. The Balaban J connectivity index is 1.86. The van der Waals surface area contributed by atoms with Gasteiger partial charge in [-0.05, 0) is 50.2 Å². The van der Waals surface area contributed by atoms with Crippen LogP contribution in [0, 0.1) is 18.8 Å². The van der Waals surface area contributed by atoms with Crippen molar-refractivity contribution in [3.05, 3.63) is 28.5 Å². The molecule has 0 radical (unpaired) electrons. The first kappa shape index (κ1) is 14.8. The van der Waals surface area contributed by atoms with Crippen molar-refractivity contribution in [3.63, 3.8) is 0 Å². The van der Waals surface area contributed by atoms with Gasteiger partial charge in [0, 0.05) is 23.8 Å². The molecule has 4 heteroatoms. The van der Waals surface area contributed by atoms with Gasteiger partial charge in [0.05, 0.1) is 0 Å². The molecular formula is C17H23ClN2O. The van der Waals surface area contributed by atoms with Gasteiger partial charge in [0.15, 0.2) is 0 Å². The van der Waals surface area contributed by atoms with Gasteiger partial charge in [0.2, 0.25) is 0 Å². The van der Waals surface area contributed by atoms with E-state index in [1.165, 1.54) is 19.3 Å². The average Bonchev–Trinajstić information content (AvgIpc) is 2.46. The lowest BCUT2D eigenvalue weighted by atomic mass is 9.72. The number of carbonyl (C=O) groups is 1. The van der Waals surface area contributed by atoms with Crippen LogP contribution in [0.5, 0.6) is 0 Å². The van der Waals surface area contributed by atoms with Gasteiger partial charge in [-0.2, -0.15) is 0 Å². The third kappa shape index (κ3) is 2.94. The second-order valence-corrected chi connectivity index (χ2v) is 6.99. The fourth-order valence-electron chi connectivity index (χ4n) is 4.08. The zero-order valence-electron chi connectivity index (χ0n) is 12.8. The fourth-order valence-corrected chi connectivity index (χ4v) is 4.33. The minimum absolute atomic E-state index is 0.131. The predicted octanol–water partition coefficient (Wildman–Crippen LogP) is 4.08. The van der Waals surface area contributed by atoms with E-state index in [9.17, 15) is 4.79 Å². The smallest absolute Gasteiger partial charge is 0.254 e. The Labute approximate surface area is 131 Å². The van der Waals surface area contributed by atoms with Crippen molar-refractivity contribution < 1.29 is 4.79 Å². The summed E-state index contributed by atoms with van der Waals surface area (Å²) in [4.78, 5) is 19.2. The summed E-state index contributed by atoms with van der Waals surface area (Å²) in [5.41, 5.74) is 1.49. The summed E-state index contributed by atoms with van der Waals surface area (Å²) in [6, 6.07) is 3.97. The third-order valence-corrected chi connectivity index (χ3v) is 5.36. The molecule has 1 amide bonds. The van der Waals surface area contributed by atoms with Gasteiger partial charge in [-0.3, -0.25) is 4.79 Å². The second-order valence-electron chi connectivity index (χ2n) is 6.60. The molecule has 3 atom stereocenters. The summed E-state index contributed by atoms with van der Waals surface area (Å²) < 4.78 is 0. The number of piperidine rings is 1. The number of aromatic nitrogens is 1. The summed E-state index contributed by atoms with van der Waals surface area (Å²) in [6.45, 7) is 5.10. The molecule has 21 heavy (non-hydrogen) atoms. The van der Waals surface area contributed by atoms with E-state index in [4.69, 9.17) is 11.6 Å². The van der Waals surface area contributed by atoms with Gasteiger partial charge in [0.25, 0.3) is 5.91 Å². The van der Waals surface area contributed by atoms with Crippen LogP contribution in [0.3, 0.4) is 0 Å². The molecule has 1 aliphatic heterocycles. The average molecular weight is 307 g/mol. The van der Waals surface area contributed by atoms with Crippen molar-refractivity contribution >= 4 is 17.5 Å². The molecule has 1 saturated heterocycles. The van der Waals surface area contributed by atoms with Crippen LogP contribution < -0.4 is 0 Å². The summed E-state index contributed by atoms with van der Waals surface area (Å²) >= 11 is 6.01. The standard InChI is InChI=1S/C17H23ClN2O/c1-11-7-8-20(15-6-4-3-5-14(11)15)17(21)13-9-12(2)19-16(18)10-13/h9-11,14-15H,3-8H2,1-2H3. The van der Waals surface area contributed by atoms with Crippen LogP contribution >= 0.6 is 11.6 Å². The Bertz CT molecular complexity index is 525. The molecule has 2 aliphatic rings. The Hall–Kier alpha value is -1.09. The lowest BCUT2D eigenvalue weighted by Gasteiger charge is -2.47. The van der Waals surface area contributed by atoms with Crippen molar-refractivity contribution in [2.75, 3.05) is 6.54 Å². The topological polar surface area (TPSA) is 33.2 Å². The van der Waals surface area contributed by atoms with E-state index in [2.05, 4.69) is 16.8 Å². The number of hydrogen-bond donors (Lipinski definition) is 0. The van der Waals surface area contributed by atoms with Gasteiger partial charge in [-0.25, -0.2) is 4.98 Å². The lowest BCUT2D eigenvalue weighted by molar-refractivity contribution is 0.0217. The van der Waals surface area contributed by atoms with E-state index < -0.39 is 0 Å². The highest BCUT2D eigenvalue weighted by molar-refractivity contribution is 6.29. The zero-order chi connectivity index (χ0) is 15.0. The van der Waals surface area contributed by atoms with Crippen molar-refractivity contribution in [3.8, 4) is 0 Å². The third-order valence-electron chi connectivity index (χ3n) is 5.17. The molecule has 0 spiro atoms. The number of nitrogens with zero attached hydrogens (tertiary/aromatic N) is 2. The van der Waals surface area contributed by atoms with Crippen molar-refractivity contribution in [2.45, 2.75) is 52.0 Å². The van der Waals surface area contributed by atoms with Crippen LogP contribution in [0.1, 0.15) is 55.1 Å². The molecule has 2 fully saturated rings. The van der Waals surface area contributed by atoms with Crippen molar-refractivity contribution in [1.29, 1.82) is 0 Å². The number of rotatable bonds is 1. The molecule has 1 aliphatic carbocycles. The van der Waals surface area contributed by atoms with Gasteiger partial charge in [-0.1, -0.05) is 31.4 Å².